The number of carboxylic acids is 1. The second-order valence-corrected chi connectivity index (χ2v) is 2.65. The molecule has 0 amide bonds. The molecule has 0 aliphatic rings. The Morgan fingerprint density at radius 1 is 1.67 bits per heavy atom. The third-order valence-electron chi connectivity index (χ3n) is 1.50. The summed E-state index contributed by atoms with van der Waals surface area (Å²) in [5.41, 5.74) is 0. The van der Waals surface area contributed by atoms with Gasteiger partial charge in [-0.3, -0.25) is 4.79 Å². The number of rotatable bonds is 7. The smallest absolute Gasteiger partial charge is 0.305 e. The average Bonchev–Trinajstić information content (AvgIpc) is 2.02. The van der Waals surface area contributed by atoms with Gasteiger partial charge in [-0.1, -0.05) is 13.3 Å². The topological polar surface area (TPSA) is 66.4 Å². The zero-order valence-corrected chi connectivity index (χ0v) is 7.25. The Hall–Kier alpha value is -0.900. The van der Waals surface area contributed by atoms with Gasteiger partial charge in [0, 0.05) is 0 Å². The van der Waals surface area contributed by atoms with E-state index in [4.69, 9.17) is 5.11 Å². The van der Waals surface area contributed by atoms with E-state index in [1.165, 1.54) is 0 Å². The van der Waals surface area contributed by atoms with E-state index in [0.717, 1.165) is 12.8 Å². The van der Waals surface area contributed by atoms with Crippen LogP contribution in [0.3, 0.4) is 0 Å². The Labute approximate surface area is 72.0 Å². The lowest BCUT2D eigenvalue weighted by molar-refractivity contribution is -0.138. The number of carbonyl (C=O) groups excluding carboxylic acids is 1. The molecule has 0 saturated carbocycles. The van der Waals surface area contributed by atoms with Crippen molar-refractivity contribution in [3.8, 4) is 0 Å². The minimum atomic E-state index is -0.948. The molecule has 0 unspecified atom stereocenters. The molecule has 4 heteroatoms. The van der Waals surface area contributed by atoms with Crippen LogP contribution in [0.15, 0.2) is 0 Å². The van der Waals surface area contributed by atoms with Gasteiger partial charge in [0.2, 0.25) is 0 Å². The molecule has 0 radical (unpaired) electrons. The third kappa shape index (κ3) is 5.85. The minimum Gasteiger partial charge on any atom is -0.481 e. The van der Waals surface area contributed by atoms with Crippen molar-refractivity contribution in [1.29, 1.82) is 0 Å². The van der Waals surface area contributed by atoms with Crippen molar-refractivity contribution < 1.29 is 14.7 Å². The van der Waals surface area contributed by atoms with Crippen LogP contribution in [0.4, 0.5) is 0 Å². The number of unbranched alkanes of at least 4 members (excludes halogenated alkanes) is 1. The van der Waals surface area contributed by atoms with E-state index in [-0.39, 0.29) is 6.42 Å². The summed E-state index contributed by atoms with van der Waals surface area (Å²) in [5.74, 6) is -0.948. The van der Waals surface area contributed by atoms with Crippen LogP contribution in [0.5, 0.6) is 0 Å². The maximum Gasteiger partial charge on any atom is 0.305 e. The molecule has 0 aliphatic heterocycles. The molecule has 0 aromatic carbocycles. The highest BCUT2D eigenvalue weighted by molar-refractivity contribution is 5.73. The first-order valence-electron chi connectivity index (χ1n) is 4.11. The summed E-state index contributed by atoms with van der Waals surface area (Å²) in [6.07, 6.45) is 2.51. The Balaban J connectivity index is 3.53. The van der Waals surface area contributed by atoms with Crippen molar-refractivity contribution >= 4 is 12.3 Å². The molecule has 0 aromatic rings. The fourth-order valence-electron chi connectivity index (χ4n) is 0.821. The molecule has 1 atom stereocenters. The van der Waals surface area contributed by atoms with Crippen molar-refractivity contribution in [3.63, 3.8) is 0 Å². The molecule has 0 fully saturated rings. The fourth-order valence-corrected chi connectivity index (χ4v) is 0.821. The molecule has 0 saturated heterocycles. The van der Waals surface area contributed by atoms with Crippen molar-refractivity contribution in [3.05, 3.63) is 0 Å². The van der Waals surface area contributed by atoms with Gasteiger partial charge in [-0.25, -0.2) is 0 Å². The molecular weight excluding hydrogens is 158 g/mol. The van der Waals surface area contributed by atoms with Gasteiger partial charge in [0.15, 0.2) is 0 Å². The molecule has 0 spiro atoms. The SMILES string of the molecule is CCCCN[C@H](C=O)CC(=O)O. The van der Waals surface area contributed by atoms with Crippen LogP contribution in [-0.2, 0) is 9.59 Å². The Morgan fingerprint density at radius 3 is 2.75 bits per heavy atom. The number of nitrogens with one attached hydrogen (secondary N) is 1. The van der Waals surface area contributed by atoms with E-state index >= 15 is 0 Å². The highest BCUT2D eigenvalue weighted by atomic mass is 16.4. The van der Waals surface area contributed by atoms with Crippen LogP contribution < -0.4 is 5.32 Å². The van der Waals surface area contributed by atoms with Gasteiger partial charge in [-0.2, -0.15) is 0 Å². The number of carbonyl (C=O) groups is 2. The molecule has 0 aromatic heterocycles. The van der Waals surface area contributed by atoms with Gasteiger partial charge in [-0.05, 0) is 13.0 Å². The van der Waals surface area contributed by atoms with Gasteiger partial charge in [-0.15, -0.1) is 0 Å². The zero-order valence-electron chi connectivity index (χ0n) is 7.25. The molecule has 0 rings (SSSR count). The van der Waals surface area contributed by atoms with Crippen molar-refractivity contribution in [2.45, 2.75) is 32.2 Å². The van der Waals surface area contributed by atoms with Crippen molar-refractivity contribution in [2.75, 3.05) is 6.54 Å². The Bertz CT molecular complexity index is 147. The lowest BCUT2D eigenvalue weighted by Crippen LogP contribution is -2.33. The van der Waals surface area contributed by atoms with Gasteiger partial charge >= 0.3 is 5.97 Å². The maximum atomic E-state index is 10.3. The molecule has 0 bridgehead atoms. The second kappa shape index (κ2) is 6.79. The van der Waals surface area contributed by atoms with E-state index in [1.807, 2.05) is 6.92 Å². The maximum absolute atomic E-state index is 10.3. The predicted octanol–water partition coefficient (Wildman–Crippen LogP) is 0.418. The number of hydrogen-bond acceptors (Lipinski definition) is 3. The van der Waals surface area contributed by atoms with Crippen molar-refractivity contribution in [1.82, 2.24) is 5.32 Å². The third-order valence-corrected chi connectivity index (χ3v) is 1.50. The molecule has 4 nitrogen and oxygen atoms in total. The molecule has 2 N–H and O–H groups in total. The summed E-state index contributed by atoms with van der Waals surface area (Å²) in [6.45, 7) is 2.74. The number of carboxylic acid groups (broad SMARTS) is 1. The van der Waals surface area contributed by atoms with Gasteiger partial charge in [0.1, 0.15) is 6.29 Å². The van der Waals surface area contributed by atoms with E-state index in [9.17, 15) is 9.59 Å². The lowest BCUT2D eigenvalue weighted by Gasteiger charge is -2.08. The molecule has 12 heavy (non-hydrogen) atoms. The van der Waals surface area contributed by atoms with E-state index in [2.05, 4.69) is 5.32 Å². The van der Waals surface area contributed by atoms with E-state index in [0.29, 0.717) is 12.8 Å². The summed E-state index contributed by atoms with van der Waals surface area (Å²) in [4.78, 5) is 20.5. The molecular formula is C8H15NO3. The monoisotopic (exact) mass is 173 g/mol. The number of hydrogen-bond donors (Lipinski definition) is 2. The Morgan fingerprint density at radius 2 is 2.33 bits per heavy atom. The normalized spacial score (nSPS) is 12.4. The highest BCUT2D eigenvalue weighted by Crippen LogP contribution is 1.90. The molecule has 70 valence electrons. The summed E-state index contributed by atoms with van der Waals surface area (Å²) in [6, 6.07) is -0.533. The van der Waals surface area contributed by atoms with E-state index < -0.39 is 12.0 Å². The minimum absolute atomic E-state index is 0.132. The zero-order chi connectivity index (χ0) is 9.40. The summed E-state index contributed by atoms with van der Waals surface area (Å²) in [5, 5.41) is 11.2. The summed E-state index contributed by atoms with van der Waals surface area (Å²) in [7, 11) is 0. The van der Waals surface area contributed by atoms with Gasteiger partial charge < -0.3 is 15.2 Å². The summed E-state index contributed by atoms with van der Waals surface area (Å²) < 4.78 is 0. The Kier molecular flexibility index (Phi) is 6.28. The van der Waals surface area contributed by atoms with Crippen LogP contribution in [0.2, 0.25) is 0 Å². The quantitative estimate of drug-likeness (QED) is 0.432. The summed E-state index contributed by atoms with van der Waals surface area (Å²) >= 11 is 0. The number of aldehydes is 1. The standard InChI is InChI=1S/C8H15NO3/c1-2-3-4-9-7(6-10)5-8(11)12/h6-7,9H,2-5H2,1H3,(H,11,12)/t7-/m0/s1. The average molecular weight is 173 g/mol. The first-order chi connectivity index (χ1) is 5.70. The van der Waals surface area contributed by atoms with Crippen LogP contribution >= 0.6 is 0 Å². The lowest BCUT2D eigenvalue weighted by atomic mass is 10.2. The van der Waals surface area contributed by atoms with E-state index in [1.54, 1.807) is 0 Å². The van der Waals surface area contributed by atoms with Crippen molar-refractivity contribution in [2.24, 2.45) is 0 Å². The largest absolute Gasteiger partial charge is 0.481 e. The number of aliphatic carboxylic acids is 1. The fraction of sp³-hybridized carbons (Fsp3) is 0.750. The van der Waals surface area contributed by atoms with Crippen LogP contribution in [0, 0.1) is 0 Å². The first-order valence-corrected chi connectivity index (χ1v) is 4.11. The second-order valence-electron chi connectivity index (χ2n) is 2.65. The first kappa shape index (κ1) is 11.1. The van der Waals surface area contributed by atoms with Crippen LogP contribution in [-0.4, -0.2) is 29.9 Å². The van der Waals surface area contributed by atoms with Gasteiger partial charge in [0.25, 0.3) is 0 Å². The van der Waals surface area contributed by atoms with Gasteiger partial charge in [0.05, 0.1) is 12.5 Å². The van der Waals surface area contributed by atoms with Crippen LogP contribution in [0.25, 0.3) is 0 Å². The van der Waals surface area contributed by atoms with Crippen LogP contribution in [0.1, 0.15) is 26.2 Å². The highest BCUT2D eigenvalue weighted by Gasteiger charge is 2.09. The molecule has 0 heterocycles. The predicted molar refractivity (Wildman–Crippen MR) is 45.0 cm³/mol. The molecule has 0 aliphatic carbocycles.